The summed E-state index contributed by atoms with van der Waals surface area (Å²) in [6, 6.07) is 8.60. The smallest absolute Gasteiger partial charge is 0.394 e. The van der Waals surface area contributed by atoms with Gasteiger partial charge >= 0.3 is 23.7 Å². The molecule has 4 rings (SSSR count). The standard InChI is InChI=1S/C28H38F2N4O6.C26H34F2N4O7/c1-6-20(35)25(38)33-22(17(4)5)26(39)34-14-10-13-19(34)24(37)32-21(16(2)3)23(36)28(29,30)27(40)31-15-18-11-8-7-9-12-18;1-14(2)18(20(33)26(27,28)25(39)29-13-16-9-6-5-7-10-16)30-21(34)17-11-8-12-32(17)23(36)19(15(3)4)31-22(35)24(37)38/h7-9,11-12,16-17,19,21-22H,6,10,13-15H2,1-5H3,(H,31,40)(H,32,37)(H,33,38);5-7,9-10,14-15,17-19H,8,11-13H2,1-4H3,(H,29,39)(H,30,34)(H,31,35)(H,37,38)/t19?,21-,22-;17?,18-,19-/m00/s1. The van der Waals surface area contributed by atoms with Gasteiger partial charge < -0.3 is 46.8 Å². The van der Waals surface area contributed by atoms with Crippen LogP contribution in [0.4, 0.5) is 17.6 Å². The molecule has 0 spiro atoms. The minimum absolute atomic E-state index is 0.0425. The van der Waals surface area contributed by atoms with Crippen LogP contribution in [0, 0.1) is 23.7 Å². The van der Waals surface area contributed by atoms with Crippen LogP contribution in [0.1, 0.15) is 106 Å². The minimum atomic E-state index is -4.44. The molecule has 0 bridgehead atoms. The predicted molar refractivity (Wildman–Crippen MR) is 276 cm³/mol. The van der Waals surface area contributed by atoms with Crippen LogP contribution >= 0.6 is 0 Å². The van der Waals surface area contributed by atoms with Gasteiger partial charge in [0.05, 0.1) is 12.1 Å². The molecule has 0 aliphatic carbocycles. The Balaban J connectivity index is 0.000000415. The Morgan fingerprint density at radius 2 is 0.848 bits per heavy atom. The number of benzene rings is 2. The Labute approximate surface area is 455 Å². The van der Waals surface area contributed by atoms with Crippen LogP contribution in [-0.2, 0) is 70.6 Å². The highest BCUT2D eigenvalue weighted by Gasteiger charge is 2.53. The van der Waals surface area contributed by atoms with Crippen molar-refractivity contribution >= 4 is 70.6 Å². The third-order valence-electron chi connectivity index (χ3n) is 13.2. The maximum Gasteiger partial charge on any atom is 0.394 e. The van der Waals surface area contributed by atoms with Crippen molar-refractivity contribution in [3.05, 3.63) is 71.8 Å². The van der Waals surface area contributed by atoms with Gasteiger partial charge in [0.1, 0.15) is 24.2 Å². The van der Waals surface area contributed by atoms with Gasteiger partial charge in [-0.3, -0.25) is 52.7 Å². The van der Waals surface area contributed by atoms with E-state index in [-0.39, 0.29) is 45.4 Å². The lowest BCUT2D eigenvalue weighted by molar-refractivity contribution is -0.162. The molecular weight excluding hydrogens is 1040 g/mol. The number of carbonyl (C=O) groups is 12. The number of Topliss-reactive ketones (excluding diaryl/α,β-unsaturated/α-hetero) is 3. The quantitative estimate of drug-likeness (QED) is 0.0453. The van der Waals surface area contributed by atoms with Crippen LogP contribution in [0.3, 0.4) is 0 Å². The highest BCUT2D eigenvalue weighted by atomic mass is 19.3. The topological polar surface area (TPSA) is 304 Å². The van der Waals surface area contributed by atoms with Crippen molar-refractivity contribution in [1.29, 1.82) is 0 Å². The molecule has 2 aliphatic rings. The molecule has 25 heteroatoms. The monoisotopic (exact) mass is 1120 g/mol. The molecule has 434 valence electrons. The SMILES string of the molecule is CC(C)[C@H](NC(=O)C(=O)O)C(=O)N1CCCC1C(=O)N[C@H](C(=O)C(F)(F)C(=O)NCc1ccccc1)C(C)C.CCC(=O)C(=O)N[C@H](C(=O)N1CCCC1C(=O)N[C@H](C(=O)C(F)(F)C(=O)NCc1ccccc1)C(C)C)C(C)C. The summed E-state index contributed by atoms with van der Waals surface area (Å²) in [7, 11) is 0. The molecular formula is C54H72F4N8O13. The van der Waals surface area contributed by atoms with E-state index in [9.17, 15) is 75.1 Å². The Bertz CT molecular complexity index is 2550. The van der Waals surface area contributed by atoms with Crippen molar-refractivity contribution in [2.75, 3.05) is 13.1 Å². The third-order valence-corrected chi connectivity index (χ3v) is 13.2. The lowest BCUT2D eigenvalue weighted by Gasteiger charge is -2.32. The summed E-state index contributed by atoms with van der Waals surface area (Å²) in [5.41, 5.74) is 1.11. The second kappa shape index (κ2) is 29.4. The molecule has 2 unspecified atom stereocenters. The number of carbonyl (C=O) groups excluding carboxylic acids is 11. The fourth-order valence-electron chi connectivity index (χ4n) is 8.54. The van der Waals surface area contributed by atoms with Gasteiger partial charge in [-0.25, -0.2) is 4.79 Å². The maximum atomic E-state index is 14.9. The highest BCUT2D eigenvalue weighted by Crippen LogP contribution is 2.26. The number of carboxylic acid groups (broad SMARTS) is 1. The average molecular weight is 1120 g/mol. The lowest BCUT2D eigenvalue weighted by atomic mass is 9.94. The highest BCUT2D eigenvalue weighted by molar-refractivity contribution is 6.36. The van der Waals surface area contributed by atoms with Gasteiger partial charge in [-0.2, -0.15) is 17.6 Å². The second-order valence-electron chi connectivity index (χ2n) is 20.5. The summed E-state index contributed by atoms with van der Waals surface area (Å²) < 4.78 is 59.6. The number of ketones is 3. The van der Waals surface area contributed by atoms with Gasteiger partial charge in [0.25, 0.3) is 17.7 Å². The van der Waals surface area contributed by atoms with Crippen molar-refractivity contribution in [3.63, 3.8) is 0 Å². The molecule has 2 heterocycles. The van der Waals surface area contributed by atoms with E-state index in [0.717, 1.165) is 4.90 Å². The van der Waals surface area contributed by atoms with Crippen molar-refractivity contribution in [3.8, 4) is 0 Å². The van der Waals surface area contributed by atoms with E-state index in [1.54, 1.807) is 88.4 Å². The second-order valence-corrected chi connectivity index (χ2v) is 20.5. The third kappa shape index (κ3) is 17.7. The Kier molecular flexibility index (Phi) is 24.4. The van der Waals surface area contributed by atoms with E-state index in [1.807, 2.05) is 5.32 Å². The number of alkyl halides is 4. The van der Waals surface area contributed by atoms with E-state index in [2.05, 4.69) is 26.6 Å². The summed E-state index contributed by atoms with van der Waals surface area (Å²) in [5.74, 6) is -26.3. The number of hydrogen-bond acceptors (Lipinski definition) is 12. The van der Waals surface area contributed by atoms with Gasteiger partial charge in [0.2, 0.25) is 41.0 Å². The van der Waals surface area contributed by atoms with Gasteiger partial charge in [-0.1, -0.05) is 123 Å². The molecule has 79 heavy (non-hydrogen) atoms. The Morgan fingerprint density at radius 1 is 0.519 bits per heavy atom. The summed E-state index contributed by atoms with van der Waals surface area (Å²) in [6.07, 6.45) is 1.12. The van der Waals surface area contributed by atoms with Gasteiger partial charge in [0, 0.05) is 32.6 Å². The van der Waals surface area contributed by atoms with E-state index in [1.165, 1.54) is 39.5 Å². The minimum Gasteiger partial charge on any atom is -0.474 e. The molecule has 7 N–H and O–H groups in total. The first kappa shape index (κ1) is 65.7. The number of nitrogens with one attached hydrogen (secondary N) is 6. The summed E-state index contributed by atoms with van der Waals surface area (Å²) in [6.45, 7) is 13.6. The summed E-state index contributed by atoms with van der Waals surface area (Å²) in [4.78, 5) is 152. The predicted octanol–water partition coefficient (Wildman–Crippen LogP) is 2.62. The molecule has 8 amide bonds. The first-order valence-corrected chi connectivity index (χ1v) is 26.0. The normalized spacial score (nSPS) is 16.9. The van der Waals surface area contributed by atoms with Crippen LogP contribution in [0.25, 0.3) is 0 Å². The number of hydrogen-bond donors (Lipinski definition) is 7. The number of halogens is 4. The van der Waals surface area contributed by atoms with E-state index in [4.69, 9.17) is 5.11 Å². The molecule has 0 saturated carbocycles. The van der Waals surface area contributed by atoms with Crippen molar-refractivity contribution in [2.24, 2.45) is 23.7 Å². The van der Waals surface area contributed by atoms with E-state index < -0.39 is 142 Å². The van der Waals surface area contributed by atoms with E-state index >= 15 is 0 Å². The Morgan fingerprint density at radius 3 is 1.15 bits per heavy atom. The average Bonchev–Trinajstić information content (AvgIpc) is 4.14. The van der Waals surface area contributed by atoms with Crippen LogP contribution < -0.4 is 31.9 Å². The number of aliphatic carboxylic acids is 1. The van der Waals surface area contributed by atoms with Crippen LogP contribution in [-0.4, -0.2) is 147 Å². The molecule has 2 fully saturated rings. The number of amides is 8. The zero-order valence-electron chi connectivity index (χ0n) is 45.7. The molecule has 0 radical (unpaired) electrons. The molecule has 2 aromatic carbocycles. The first-order chi connectivity index (χ1) is 36.9. The van der Waals surface area contributed by atoms with Crippen molar-refractivity contribution < 1.29 is 80.2 Å². The van der Waals surface area contributed by atoms with Crippen molar-refractivity contribution in [1.82, 2.24) is 41.7 Å². The fraction of sp³-hybridized carbons (Fsp3) is 0.556. The van der Waals surface area contributed by atoms with Crippen molar-refractivity contribution in [2.45, 2.75) is 156 Å². The molecule has 2 aromatic rings. The first-order valence-electron chi connectivity index (χ1n) is 26.0. The molecule has 6 atom stereocenters. The zero-order valence-corrected chi connectivity index (χ0v) is 45.7. The lowest BCUT2D eigenvalue weighted by Crippen LogP contribution is -2.60. The largest absolute Gasteiger partial charge is 0.474 e. The van der Waals surface area contributed by atoms with E-state index in [0.29, 0.717) is 24.0 Å². The maximum absolute atomic E-state index is 14.9. The molecule has 21 nitrogen and oxygen atoms in total. The van der Waals surface area contributed by atoms with Gasteiger partial charge in [0.15, 0.2) is 0 Å². The number of likely N-dealkylation sites (tertiary alicyclic amines) is 2. The van der Waals surface area contributed by atoms with Gasteiger partial charge in [-0.15, -0.1) is 0 Å². The van der Waals surface area contributed by atoms with Crippen LogP contribution in [0.5, 0.6) is 0 Å². The van der Waals surface area contributed by atoms with Gasteiger partial charge in [-0.05, 0) is 60.5 Å². The van der Waals surface area contributed by atoms with Crippen LogP contribution in [0.15, 0.2) is 60.7 Å². The number of carboxylic acids is 1. The molecule has 2 saturated heterocycles. The number of rotatable bonds is 24. The Hall–Kier alpha value is -7.60. The fourth-order valence-corrected chi connectivity index (χ4v) is 8.54. The molecule has 0 aromatic heterocycles. The summed E-state index contributed by atoms with van der Waals surface area (Å²) in [5, 5.41) is 22.1. The zero-order chi connectivity index (χ0) is 59.7. The van der Waals surface area contributed by atoms with Crippen LogP contribution in [0.2, 0.25) is 0 Å². The molecule has 2 aliphatic heterocycles. The number of nitrogens with zero attached hydrogens (tertiary/aromatic N) is 2. The summed E-state index contributed by atoms with van der Waals surface area (Å²) >= 11 is 0.